The third-order valence-corrected chi connectivity index (χ3v) is 2.65. The molecule has 2 aromatic rings. The van der Waals surface area contributed by atoms with Crippen LogP contribution in [0, 0.1) is 0 Å². The summed E-state index contributed by atoms with van der Waals surface area (Å²) in [6.45, 7) is 3.60. The lowest BCUT2D eigenvalue weighted by Crippen LogP contribution is -2.11. The van der Waals surface area contributed by atoms with Crippen molar-refractivity contribution in [2.75, 3.05) is 25.1 Å². The average Bonchev–Trinajstić information content (AvgIpc) is 2.48. The first-order valence-corrected chi connectivity index (χ1v) is 7.12. The minimum atomic E-state index is 0.108. The molecule has 0 aliphatic carbocycles. The number of para-hydroxylation sites is 1. The number of hydrogen-bond acceptors (Lipinski definition) is 6. The summed E-state index contributed by atoms with van der Waals surface area (Å²) in [5.41, 5.74) is 0. The highest BCUT2D eigenvalue weighted by molar-refractivity contribution is 6.28. The van der Waals surface area contributed by atoms with E-state index in [0.29, 0.717) is 25.7 Å². The number of anilines is 1. The second-order valence-electron chi connectivity index (χ2n) is 4.09. The third-order valence-electron chi connectivity index (χ3n) is 2.48. The molecule has 0 unspecified atom stereocenters. The molecule has 0 bridgehead atoms. The van der Waals surface area contributed by atoms with Crippen molar-refractivity contribution in [3.63, 3.8) is 0 Å². The molecule has 1 heterocycles. The molecular formula is C14H17ClN4O2. The second-order valence-corrected chi connectivity index (χ2v) is 4.42. The molecule has 1 N–H and O–H groups in total. The number of hydrogen-bond donors (Lipinski definition) is 1. The minimum Gasteiger partial charge on any atom is -0.494 e. The Morgan fingerprint density at radius 3 is 2.67 bits per heavy atom. The summed E-state index contributed by atoms with van der Waals surface area (Å²) in [4.78, 5) is 11.9. The molecule has 21 heavy (non-hydrogen) atoms. The summed E-state index contributed by atoms with van der Waals surface area (Å²) in [5.74, 6) is 1.26. The van der Waals surface area contributed by atoms with E-state index < -0.39 is 0 Å². The van der Waals surface area contributed by atoms with Crippen molar-refractivity contribution in [3.05, 3.63) is 35.6 Å². The number of ether oxygens (including phenoxy) is 2. The van der Waals surface area contributed by atoms with E-state index in [4.69, 9.17) is 21.1 Å². The molecule has 2 rings (SSSR count). The SMILES string of the molecule is CCOc1nc(Cl)nc(NCCCOc2ccccc2)n1. The molecule has 0 saturated carbocycles. The standard InChI is InChI=1S/C14H17ClN4O2/c1-2-20-14-18-12(15)17-13(19-14)16-9-6-10-21-11-7-4-3-5-8-11/h3-5,7-8H,2,6,9-10H2,1H3,(H,16,17,18,19). The largest absolute Gasteiger partial charge is 0.494 e. The summed E-state index contributed by atoms with van der Waals surface area (Å²) in [5, 5.41) is 3.17. The van der Waals surface area contributed by atoms with Gasteiger partial charge in [0.2, 0.25) is 11.2 Å². The molecule has 0 atom stereocenters. The van der Waals surface area contributed by atoms with Gasteiger partial charge in [0.1, 0.15) is 5.75 Å². The van der Waals surface area contributed by atoms with Crippen LogP contribution in [-0.4, -0.2) is 34.7 Å². The number of benzene rings is 1. The minimum absolute atomic E-state index is 0.108. The van der Waals surface area contributed by atoms with Crippen molar-refractivity contribution < 1.29 is 9.47 Å². The number of aromatic nitrogens is 3. The Morgan fingerprint density at radius 1 is 1.10 bits per heavy atom. The zero-order chi connectivity index (χ0) is 14.9. The molecule has 112 valence electrons. The normalized spacial score (nSPS) is 10.2. The van der Waals surface area contributed by atoms with E-state index in [1.807, 2.05) is 37.3 Å². The van der Waals surface area contributed by atoms with E-state index in [0.717, 1.165) is 12.2 Å². The van der Waals surface area contributed by atoms with Gasteiger partial charge in [-0.1, -0.05) is 18.2 Å². The predicted molar refractivity (Wildman–Crippen MR) is 81.0 cm³/mol. The van der Waals surface area contributed by atoms with Crippen molar-refractivity contribution >= 4 is 17.5 Å². The van der Waals surface area contributed by atoms with Crippen LogP contribution >= 0.6 is 11.6 Å². The van der Waals surface area contributed by atoms with Crippen LogP contribution in [0.15, 0.2) is 30.3 Å². The van der Waals surface area contributed by atoms with Crippen LogP contribution in [0.3, 0.4) is 0 Å². The number of nitrogens with zero attached hydrogens (tertiary/aromatic N) is 3. The van der Waals surface area contributed by atoms with Crippen LogP contribution in [-0.2, 0) is 0 Å². The van der Waals surface area contributed by atoms with Crippen LogP contribution in [0.1, 0.15) is 13.3 Å². The summed E-state index contributed by atoms with van der Waals surface area (Å²) >= 11 is 5.80. The average molecular weight is 309 g/mol. The second kappa shape index (κ2) is 8.26. The molecule has 0 radical (unpaired) electrons. The van der Waals surface area contributed by atoms with Crippen molar-refractivity contribution in [2.45, 2.75) is 13.3 Å². The van der Waals surface area contributed by atoms with Gasteiger partial charge in [-0.3, -0.25) is 0 Å². The zero-order valence-electron chi connectivity index (χ0n) is 11.8. The van der Waals surface area contributed by atoms with E-state index in [1.54, 1.807) is 0 Å². The van der Waals surface area contributed by atoms with Gasteiger partial charge in [-0.2, -0.15) is 15.0 Å². The third kappa shape index (κ3) is 5.43. The smallest absolute Gasteiger partial charge is 0.322 e. The molecule has 0 spiro atoms. The monoisotopic (exact) mass is 308 g/mol. The highest BCUT2D eigenvalue weighted by Gasteiger charge is 2.04. The number of halogens is 1. The molecule has 0 aliphatic heterocycles. The van der Waals surface area contributed by atoms with Gasteiger partial charge in [0.05, 0.1) is 13.2 Å². The van der Waals surface area contributed by atoms with Crippen LogP contribution in [0.5, 0.6) is 11.8 Å². The van der Waals surface area contributed by atoms with E-state index in [9.17, 15) is 0 Å². The van der Waals surface area contributed by atoms with Crippen molar-refractivity contribution in [2.24, 2.45) is 0 Å². The molecular weight excluding hydrogens is 292 g/mol. The first-order valence-electron chi connectivity index (χ1n) is 6.74. The van der Waals surface area contributed by atoms with Gasteiger partial charge in [-0.25, -0.2) is 0 Å². The van der Waals surface area contributed by atoms with Gasteiger partial charge in [0, 0.05) is 6.54 Å². The van der Waals surface area contributed by atoms with Gasteiger partial charge >= 0.3 is 6.01 Å². The summed E-state index contributed by atoms with van der Waals surface area (Å²) < 4.78 is 10.8. The van der Waals surface area contributed by atoms with Gasteiger partial charge < -0.3 is 14.8 Å². The fourth-order valence-corrected chi connectivity index (χ4v) is 1.74. The van der Waals surface area contributed by atoms with Crippen LogP contribution < -0.4 is 14.8 Å². The Morgan fingerprint density at radius 2 is 1.90 bits per heavy atom. The Bertz CT molecular complexity index is 554. The van der Waals surface area contributed by atoms with Crippen LogP contribution in [0.2, 0.25) is 5.28 Å². The quantitative estimate of drug-likeness (QED) is 0.756. The van der Waals surface area contributed by atoms with E-state index in [1.165, 1.54) is 0 Å². The predicted octanol–water partition coefficient (Wildman–Crippen LogP) is 2.80. The van der Waals surface area contributed by atoms with E-state index in [2.05, 4.69) is 20.3 Å². The lowest BCUT2D eigenvalue weighted by Gasteiger charge is -2.08. The first-order chi connectivity index (χ1) is 10.3. The molecule has 6 nitrogen and oxygen atoms in total. The van der Waals surface area contributed by atoms with Gasteiger partial charge in [0.15, 0.2) is 0 Å². The van der Waals surface area contributed by atoms with Gasteiger partial charge in [-0.05, 0) is 37.1 Å². The Balaban J connectivity index is 1.73. The highest BCUT2D eigenvalue weighted by atomic mass is 35.5. The van der Waals surface area contributed by atoms with E-state index in [-0.39, 0.29) is 11.3 Å². The Hall–Kier alpha value is -2.08. The van der Waals surface area contributed by atoms with Crippen molar-refractivity contribution in [3.8, 4) is 11.8 Å². The summed E-state index contributed by atoms with van der Waals surface area (Å²) in [6, 6.07) is 9.90. The molecule has 0 saturated heterocycles. The number of rotatable bonds is 8. The van der Waals surface area contributed by atoms with Crippen molar-refractivity contribution in [1.29, 1.82) is 0 Å². The molecule has 7 heteroatoms. The maximum Gasteiger partial charge on any atom is 0.322 e. The molecule has 1 aromatic heterocycles. The fraction of sp³-hybridized carbons (Fsp3) is 0.357. The zero-order valence-corrected chi connectivity index (χ0v) is 12.5. The molecule has 0 aliphatic rings. The highest BCUT2D eigenvalue weighted by Crippen LogP contribution is 2.11. The fourth-order valence-electron chi connectivity index (χ4n) is 1.58. The Labute approximate surface area is 128 Å². The van der Waals surface area contributed by atoms with Gasteiger partial charge in [0.25, 0.3) is 0 Å². The first kappa shape index (κ1) is 15.3. The summed E-state index contributed by atoms with van der Waals surface area (Å²) in [7, 11) is 0. The van der Waals surface area contributed by atoms with E-state index >= 15 is 0 Å². The maximum absolute atomic E-state index is 5.80. The maximum atomic E-state index is 5.80. The Kier molecular flexibility index (Phi) is 6.02. The molecule has 0 fully saturated rings. The lowest BCUT2D eigenvalue weighted by atomic mass is 10.3. The van der Waals surface area contributed by atoms with Gasteiger partial charge in [-0.15, -0.1) is 0 Å². The lowest BCUT2D eigenvalue weighted by molar-refractivity contribution is 0.311. The van der Waals surface area contributed by atoms with Crippen LogP contribution in [0.25, 0.3) is 0 Å². The summed E-state index contributed by atoms with van der Waals surface area (Å²) in [6.07, 6.45) is 0.808. The topological polar surface area (TPSA) is 69.2 Å². The number of nitrogens with one attached hydrogen (secondary N) is 1. The molecule has 0 amide bonds. The molecule has 1 aromatic carbocycles. The van der Waals surface area contributed by atoms with Crippen molar-refractivity contribution in [1.82, 2.24) is 15.0 Å². The van der Waals surface area contributed by atoms with Crippen LogP contribution in [0.4, 0.5) is 5.95 Å².